The maximum atomic E-state index is 11.7. The van der Waals surface area contributed by atoms with E-state index in [-0.39, 0.29) is 23.7 Å². The Morgan fingerprint density at radius 3 is 2.58 bits per heavy atom. The normalized spacial score (nSPS) is 11.3. The highest BCUT2D eigenvalue weighted by Gasteiger charge is 2.19. The minimum Gasteiger partial charge on any atom is -0.462 e. The Labute approximate surface area is 116 Å². The molecule has 106 valence electrons. The monoisotopic (exact) mass is 306 g/mol. The predicted octanol–water partition coefficient (Wildman–Crippen LogP) is 2.33. The second kappa shape index (κ2) is 6.88. The molecular formula is C12H15ClO5S. The van der Waals surface area contributed by atoms with E-state index in [2.05, 4.69) is 0 Å². The van der Waals surface area contributed by atoms with E-state index >= 15 is 0 Å². The van der Waals surface area contributed by atoms with Gasteiger partial charge in [0.05, 0.1) is 23.7 Å². The van der Waals surface area contributed by atoms with Crippen LogP contribution < -0.4 is 0 Å². The second-order valence-corrected chi connectivity index (χ2v) is 6.36. The number of hydrogen-bond acceptors (Lipinski definition) is 5. The van der Waals surface area contributed by atoms with Crippen LogP contribution in [-0.2, 0) is 25.1 Å². The summed E-state index contributed by atoms with van der Waals surface area (Å²) in [5.41, 5.74) is 0.539. The highest BCUT2D eigenvalue weighted by atomic mass is 35.7. The predicted molar refractivity (Wildman–Crippen MR) is 70.8 cm³/mol. The third kappa shape index (κ3) is 4.49. The summed E-state index contributed by atoms with van der Waals surface area (Å²) in [5, 5.41) is 0. The fourth-order valence-corrected chi connectivity index (χ4v) is 2.60. The maximum Gasteiger partial charge on any atom is 0.338 e. The van der Waals surface area contributed by atoms with E-state index in [0.29, 0.717) is 12.0 Å². The molecule has 0 saturated heterocycles. The average Bonchev–Trinajstić information content (AvgIpc) is 2.35. The van der Waals surface area contributed by atoms with E-state index in [4.69, 9.17) is 20.2 Å². The molecule has 0 unspecified atom stereocenters. The van der Waals surface area contributed by atoms with Gasteiger partial charge in [0.25, 0.3) is 9.05 Å². The number of benzene rings is 1. The van der Waals surface area contributed by atoms with Crippen LogP contribution in [0.3, 0.4) is 0 Å². The average molecular weight is 307 g/mol. The SMILES string of the molecule is CCCOC(=O)c1ccc(COC)c(S(=O)(=O)Cl)c1. The van der Waals surface area contributed by atoms with Gasteiger partial charge in [-0.3, -0.25) is 0 Å². The van der Waals surface area contributed by atoms with E-state index in [1.807, 2.05) is 6.92 Å². The zero-order valence-corrected chi connectivity index (χ0v) is 12.3. The first-order chi connectivity index (χ1) is 8.90. The summed E-state index contributed by atoms with van der Waals surface area (Å²) in [5.74, 6) is -0.576. The molecule has 0 radical (unpaired) electrons. The Morgan fingerprint density at radius 1 is 1.37 bits per heavy atom. The fourth-order valence-electron chi connectivity index (χ4n) is 1.46. The lowest BCUT2D eigenvalue weighted by Gasteiger charge is -2.08. The lowest BCUT2D eigenvalue weighted by atomic mass is 10.1. The standard InChI is InChI=1S/C12H15ClO5S/c1-3-6-18-12(14)9-4-5-10(8-17-2)11(7-9)19(13,15)16/h4-5,7H,3,6,8H2,1-2H3. The Morgan fingerprint density at radius 2 is 2.05 bits per heavy atom. The van der Waals surface area contributed by atoms with Gasteiger partial charge < -0.3 is 9.47 Å². The Hall–Kier alpha value is -1.11. The molecule has 0 aromatic heterocycles. The number of hydrogen-bond donors (Lipinski definition) is 0. The van der Waals surface area contributed by atoms with Gasteiger partial charge in [0.1, 0.15) is 0 Å². The highest BCUT2D eigenvalue weighted by molar-refractivity contribution is 8.13. The van der Waals surface area contributed by atoms with Crippen LogP contribution in [0.1, 0.15) is 29.3 Å². The van der Waals surface area contributed by atoms with Crippen LogP contribution >= 0.6 is 10.7 Å². The van der Waals surface area contributed by atoms with Crippen molar-refractivity contribution >= 4 is 25.7 Å². The first-order valence-electron chi connectivity index (χ1n) is 5.63. The van der Waals surface area contributed by atoms with Gasteiger partial charge in [0.15, 0.2) is 0 Å². The minimum absolute atomic E-state index is 0.0889. The van der Waals surface area contributed by atoms with Gasteiger partial charge in [-0.25, -0.2) is 13.2 Å². The Kier molecular flexibility index (Phi) is 5.78. The third-order valence-electron chi connectivity index (χ3n) is 2.30. The summed E-state index contributed by atoms with van der Waals surface area (Å²) in [4.78, 5) is 11.5. The summed E-state index contributed by atoms with van der Waals surface area (Å²) in [6.07, 6.45) is 0.689. The minimum atomic E-state index is -3.95. The molecule has 1 aromatic carbocycles. The van der Waals surface area contributed by atoms with Crippen molar-refractivity contribution in [1.82, 2.24) is 0 Å². The number of halogens is 1. The van der Waals surface area contributed by atoms with E-state index in [1.54, 1.807) is 0 Å². The molecule has 0 N–H and O–H groups in total. The number of carbonyl (C=O) groups is 1. The van der Waals surface area contributed by atoms with E-state index in [1.165, 1.54) is 25.3 Å². The van der Waals surface area contributed by atoms with Gasteiger partial charge in [-0.2, -0.15) is 0 Å². The number of rotatable bonds is 6. The zero-order valence-electron chi connectivity index (χ0n) is 10.7. The van der Waals surface area contributed by atoms with Crippen LogP contribution in [0, 0.1) is 0 Å². The summed E-state index contributed by atoms with van der Waals surface area (Å²) >= 11 is 0. The van der Waals surface area contributed by atoms with Gasteiger partial charge in [-0.15, -0.1) is 0 Å². The number of methoxy groups -OCH3 is 1. The van der Waals surface area contributed by atoms with Crippen molar-refractivity contribution in [3.63, 3.8) is 0 Å². The van der Waals surface area contributed by atoms with Crippen LogP contribution in [0.15, 0.2) is 23.1 Å². The summed E-state index contributed by atoms with van der Waals surface area (Å²) in [7, 11) is 2.84. The van der Waals surface area contributed by atoms with Crippen LogP contribution in [0.2, 0.25) is 0 Å². The molecule has 0 spiro atoms. The molecule has 0 aliphatic heterocycles. The molecular weight excluding hydrogens is 292 g/mol. The first kappa shape index (κ1) is 15.9. The molecule has 1 rings (SSSR count). The molecule has 5 nitrogen and oxygen atoms in total. The fraction of sp³-hybridized carbons (Fsp3) is 0.417. The molecule has 7 heteroatoms. The van der Waals surface area contributed by atoms with Crippen LogP contribution in [0.5, 0.6) is 0 Å². The molecule has 19 heavy (non-hydrogen) atoms. The van der Waals surface area contributed by atoms with Gasteiger partial charge in [-0.1, -0.05) is 13.0 Å². The molecule has 0 heterocycles. The molecule has 0 fully saturated rings. The number of esters is 1. The molecule has 0 saturated carbocycles. The van der Waals surface area contributed by atoms with Crippen molar-refractivity contribution in [1.29, 1.82) is 0 Å². The molecule has 0 atom stereocenters. The van der Waals surface area contributed by atoms with Crippen LogP contribution in [0.25, 0.3) is 0 Å². The number of ether oxygens (including phenoxy) is 2. The second-order valence-electron chi connectivity index (χ2n) is 3.83. The first-order valence-corrected chi connectivity index (χ1v) is 7.94. The van der Waals surface area contributed by atoms with Crippen molar-refractivity contribution in [2.24, 2.45) is 0 Å². The quantitative estimate of drug-likeness (QED) is 0.596. The van der Waals surface area contributed by atoms with E-state index < -0.39 is 15.0 Å². The largest absolute Gasteiger partial charge is 0.462 e. The van der Waals surface area contributed by atoms with E-state index in [9.17, 15) is 13.2 Å². The van der Waals surface area contributed by atoms with Crippen LogP contribution in [-0.4, -0.2) is 28.1 Å². The topological polar surface area (TPSA) is 69.7 Å². The van der Waals surface area contributed by atoms with Gasteiger partial charge in [-0.05, 0) is 24.1 Å². The lowest BCUT2D eigenvalue weighted by molar-refractivity contribution is 0.0504. The van der Waals surface area contributed by atoms with Crippen molar-refractivity contribution in [3.05, 3.63) is 29.3 Å². The maximum absolute atomic E-state index is 11.7. The summed E-state index contributed by atoms with van der Waals surface area (Å²) in [6, 6.07) is 4.17. The third-order valence-corrected chi connectivity index (χ3v) is 3.71. The number of carbonyl (C=O) groups excluding carboxylic acids is 1. The molecule has 0 aliphatic carbocycles. The van der Waals surface area contributed by atoms with Gasteiger partial charge in [0.2, 0.25) is 0 Å². The highest BCUT2D eigenvalue weighted by Crippen LogP contribution is 2.23. The summed E-state index contributed by atoms with van der Waals surface area (Å²) < 4.78 is 32.8. The van der Waals surface area contributed by atoms with Crippen molar-refractivity contribution in [3.8, 4) is 0 Å². The Balaban J connectivity index is 3.15. The zero-order chi connectivity index (χ0) is 14.5. The van der Waals surface area contributed by atoms with Crippen molar-refractivity contribution in [2.45, 2.75) is 24.8 Å². The molecule has 0 amide bonds. The lowest BCUT2D eigenvalue weighted by Crippen LogP contribution is -2.08. The smallest absolute Gasteiger partial charge is 0.338 e. The van der Waals surface area contributed by atoms with Crippen molar-refractivity contribution in [2.75, 3.05) is 13.7 Å². The van der Waals surface area contributed by atoms with Gasteiger partial charge in [0, 0.05) is 17.8 Å². The van der Waals surface area contributed by atoms with Crippen LogP contribution in [0.4, 0.5) is 0 Å². The van der Waals surface area contributed by atoms with Gasteiger partial charge >= 0.3 is 5.97 Å². The Bertz CT molecular complexity index is 553. The van der Waals surface area contributed by atoms with E-state index in [0.717, 1.165) is 0 Å². The molecule has 1 aromatic rings. The van der Waals surface area contributed by atoms with Crippen molar-refractivity contribution < 1.29 is 22.7 Å². The summed E-state index contributed by atoms with van der Waals surface area (Å²) in [6.45, 7) is 2.23. The molecule has 0 aliphatic rings. The molecule has 0 bridgehead atoms.